The lowest BCUT2D eigenvalue weighted by Crippen LogP contribution is -2.36. The van der Waals surface area contributed by atoms with Crippen LogP contribution in [0.2, 0.25) is 0 Å². The van der Waals surface area contributed by atoms with Crippen LogP contribution in [-0.4, -0.2) is 49.6 Å². The summed E-state index contributed by atoms with van der Waals surface area (Å²) in [6.45, 7) is 1.55. The number of carbonyl (C=O) groups is 2. The van der Waals surface area contributed by atoms with Gasteiger partial charge in [-0.05, 0) is 12.1 Å². The molecule has 0 bridgehead atoms. The zero-order valence-electron chi connectivity index (χ0n) is 15.8. The summed E-state index contributed by atoms with van der Waals surface area (Å²) in [5.41, 5.74) is 1.17. The van der Waals surface area contributed by atoms with Crippen molar-refractivity contribution in [2.75, 3.05) is 33.2 Å². The van der Waals surface area contributed by atoms with Crippen LogP contribution in [0.1, 0.15) is 12.6 Å². The number of aromatic nitrogens is 1. The first-order valence-electron chi connectivity index (χ1n) is 8.23. The van der Waals surface area contributed by atoms with E-state index in [9.17, 15) is 9.59 Å². The fraction of sp³-hybridized carbons (Fsp3) is 0.316. The number of anilines is 1. The lowest BCUT2D eigenvalue weighted by molar-refractivity contribution is -0.133. The first-order valence-corrected chi connectivity index (χ1v) is 8.23. The molecule has 0 atom stereocenters. The van der Waals surface area contributed by atoms with Gasteiger partial charge in [0, 0.05) is 30.9 Å². The summed E-state index contributed by atoms with van der Waals surface area (Å²) < 4.78 is 15.8. The molecule has 8 heteroatoms. The van der Waals surface area contributed by atoms with E-state index in [0.717, 1.165) is 0 Å². The van der Waals surface area contributed by atoms with E-state index >= 15 is 0 Å². The van der Waals surface area contributed by atoms with Crippen molar-refractivity contribution in [3.05, 3.63) is 42.2 Å². The Morgan fingerprint density at radius 1 is 1.07 bits per heavy atom. The highest BCUT2D eigenvalue weighted by molar-refractivity contribution is 5.94. The van der Waals surface area contributed by atoms with Gasteiger partial charge in [0.05, 0.1) is 33.6 Å². The van der Waals surface area contributed by atoms with Crippen LogP contribution in [0.5, 0.6) is 17.2 Å². The lowest BCUT2D eigenvalue weighted by Gasteiger charge is -2.20. The van der Waals surface area contributed by atoms with Gasteiger partial charge in [0.25, 0.3) is 0 Å². The van der Waals surface area contributed by atoms with Crippen molar-refractivity contribution in [3.63, 3.8) is 0 Å². The Labute approximate surface area is 158 Å². The molecule has 2 aromatic rings. The Morgan fingerprint density at radius 2 is 1.74 bits per heavy atom. The molecule has 1 aromatic heterocycles. The van der Waals surface area contributed by atoms with Crippen LogP contribution in [-0.2, 0) is 16.1 Å². The van der Waals surface area contributed by atoms with Gasteiger partial charge in [0.2, 0.25) is 17.6 Å². The molecule has 27 heavy (non-hydrogen) atoms. The number of nitrogens with one attached hydrogen (secondary N) is 1. The number of benzene rings is 1. The van der Waals surface area contributed by atoms with E-state index < -0.39 is 0 Å². The first-order chi connectivity index (χ1) is 13.0. The normalized spacial score (nSPS) is 10.1. The van der Waals surface area contributed by atoms with Crippen molar-refractivity contribution in [1.29, 1.82) is 0 Å². The minimum absolute atomic E-state index is 0.109. The highest BCUT2D eigenvalue weighted by atomic mass is 16.5. The number of methoxy groups -OCH3 is 3. The zero-order chi connectivity index (χ0) is 19.8. The highest BCUT2D eigenvalue weighted by Gasteiger charge is 2.17. The molecule has 0 unspecified atom stereocenters. The summed E-state index contributed by atoms with van der Waals surface area (Å²) in [6.07, 6.45) is 1.64. The van der Waals surface area contributed by atoms with Crippen LogP contribution in [0.15, 0.2) is 36.5 Å². The Morgan fingerprint density at radius 3 is 2.22 bits per heavy atom. The van der Waals surface area contributed by atoms with Crippen molar-refractivity contribution < 1.29 is 23.8 Å². The van der Waals surface area contributed by atoms with Crippen LogP contribution in [0.25, 0.3) is 0 Å². The number of ether oxygens (including phenoxy) is 3. The van der Waals surface area contributed by atoms with E-state index in [-0.39, 0.29) is 24.9 Å². The van der Waals surface area contributed by atoms with Gasteiger partial charge in [-0.3, -0.25) is 14.6 Å². The third-order valence-electron chi connectivity index (χ3n) is 3.81. The van der Waals surface area contributed by atoms with Gasteiger partial charge < -0.3 is 24.4 Å². The Kier molecular flexibility index (Phi) is 6.99. The summed E-state index contributed by atoms with van der Waals surface area (Å²) in [7, 11) is 4.49. The molecule has 0 fully saturated rings. The number of hydrogen-bond acceptors (Lipinski definition) is 6. The summed E-state index contributed by atoms with van der Waals surface area (Å²) in [4.78, 5) is 29.9. The second-order valence-electron chi connectivity index (χ2n) is 5.66. The number of rotatable bonds is 8. The second kappa shape index (κ2) is 9.42. The number of hydrogen-bond donors (Lipinski definition) is 1. The van der Waals surface area contributed by atoms with Crippen LogP contribution >= 0.6 is 0 Å². The summed E-state index contributed by atoms with van der Waals surface area (Å²) in [5.74, 6) is 0.697. The second-order valence-corrected chi connectivity index (χ2v) is 5.66. The molecule has 1 N–H and O–H groups in total. The minimum atomic E-state index is -0.351. The number of amides is 2. The molecule has 0 aliphatic carbocycles. The predicted octanol–water partition coefficient (Wildman–Crippen LogP) is 2.09. The summed E-state index contributed by atoms with van der Waals surface area (Å²) in [5, 5.41) is 2.75. The van der Waals surface area contributed by atoms with Crippen LogP contribution in [0.3, 0.4) is 0 Å². The standard InChI is InChI=1S/C19H23N3O5/c1-13(23)22(11-14-7-5-6-8-20-14)12-18(24)21-15-9-16(25-2)19(27-4)17(10-15)26-3/h5-10H,11-12H2,1-4H3,(H,21,24). The molecule has 0 aliphatic rings. The van der Waals surface area contributed by atoms with Gasteiger partial charge in [-0.1, -0.05) is 6.07 Å². The molecular formula is C19H23N3O5. The lowest BCUT2D eigenvalue weighted by atomic mass is 10.2. The molecule has 144 valence electrons. The van der Waals surface area contributed by atoms with E-state index in [1.165, 1.54) is 33.2 Å². The number of pyridine rings is 1. The van der Waals surface area contributed by atoms with Gasteiger partial charge in [0.15, 0.2) is 11.5 Å². The molecular weight excluding hydrogens is 350 g/mol. The molecule has 0 saturated carbocycles. The van der Waals surface area contributed by atoms with Crippen molar-refractivity contribution in [3.8, 4) is 17.2 Å². The van der Waals surface area contributed by atoms with Gasteiger partial charge in [0.1, 0.15) is 6.54 Å². The molecule has 0 spiro atoms. The number of nitrogens with zero attached hydrogens (tertiary/aromatic N) is 2. The monoisotopic (exact) mass is 373 g/mol. The van der Waals surface area contributed by atoms with Crippen LogP contribution in [0.4, 0.5) is 5.69 Å². The highest BCUT2D eigenvalue weighted by Crippen LogP contribution is 2.39. The summed E-state index contributed by atoms with van der Waals surface area (Å²) >= 11 is 0. The smallest absolute Gasteiger partial charge is 0.244 e. The van der Waals surface area contributed by atoms with Crippen molar-refractivity contribution in [1.82, 2.24) is 9.88 Å². The molecule has 2 amide bonds. The molecule has 1 heterocycles. The van der Waals surface area contributed by atoms with E-state index in [2.05, 4.69) is 10.3 Å². The van der Waals surface area contributed by atoms with Crippen molar-refractivity contribution in [2.24, 2.45) is 0 Å². The average molecular weight is 373 g/mol. The predicted molar refractivity (Wildman–Crippen MR) is 100 cm³/mol. The van der Waals surface area contributed by atoms with Crippen LogP contribution < -0.4 is 19.5 Å². The quantitative estimate of drug-likeness (QED) is 0.762. The molecule has 0 aliphatic heterocycles. The average Bonchev–Trinajstić information content (AvgIpc) is 2.67. The Bertz CT molecular complexity index is 770. The largest absolute Gasteiger partial charge is 0.493 e. The van der Waals surface area contributed by atoms with Crippen molar-refractivity contribution in [2.45, 2.75) is 13.5 Å². The SMILES string of the molecule is COc1cc(NC(=O)CN(Cc2ccccn2)C(C)=O)cc(OC)c1OC. The fourth-order valence-corrected chi connectivity index (χ4v) is 2.49. The third-order valence-corrected chi connectivity index (χ3v) is 3.81. The fourth-order valence-electron chi connectivity index (χ4n) is 2.49. The maximum Gasteiger partial charge on any atom is 0.244 e. The Hall–Kier alpha value is -3.29. The zero-order valence-corrected chi connectivity index (χ0v) is 15.8. The molecule has 0 saturated heterocycles. The van der Waals surface area contributed by atoms with E-state index in [4.69, 9.17) is 14.2 Å². The van der Waals surface area contributed by atoms with E-state index in [0.29, 0.717) is 28.6 Å². The molecule has 8 nitrogen and oxygen atoms in total. The maximum absolute atomic E-state index is 12.4. The molecule has 0 radical (unpaired) electrons. The van der Waals surface area contributed by atoms with Gasteiger partial charge >= 0.3 is 0 Å². The van der Waals surface area contributed by atoms with Gasteiger partial charge in [-0.15, -0.1) is 0 Å². The van der Waals surface area contributed by atoms with Crippen LogP contribution in [0, 0.1) is 0 Å². The summed E-state index contributed by atoms with van der Waals surface area (Å²) in [6, 6.07) is 8.66. The van der Waals surface area contributed by atoms with E-state index in [1.807, 2.05) is 6.07 Å². The molecule has 1 aromatic carbocycles. The minimum Gasteiger partial charge on any atom is -0.493 e. The topological polar surface area (TPSA) is 90.0 Å². The maximum atomic E-state index is 12.4. The van der Waals surface area contributed by atoms with Gasteiger partial charge in [-0.2, -0.15) is 0 Å². The third kappa shape index (κ3) is 5.34. The Balaban J connectivity index is 2.12. The molecule has 2 rings (SSSR count). The van der Waals surface area contributed by atoms with Gasteiger partial charge in [-0.25, -0.2) is 0 Å². The van der Waals surface area contributed by atoms with Crippen molar-refractivity contribution >= 4 is 17.5 Å². The van der Waals surface area contributed by atoms with E-state index in [1.54, 1.807) is 30.5 Å². The first kappa shape index (κ1) is 20.0. The number of carbonyl (C=O) groups excluding carboxylic acids is 2.